The summed E-state index contributed by atoms with van der Waals surface area (Å²) in [6.07, 6.45) is 0. The van der Waals surface area contributed by atoms with Crippen LogP contribution < -0.4 is 10.6 Å². The summed E-state index contributed by atoms with van der Waals surface area (Å²) in [5.41, 5.74) is 0.245. The standard InChI is InChI=1S/C11H12I2N2O3/c1-6(16)14-2-3-15-11(18)8-4-7(12)5-9(13)10(8)17/h4-5,17H,2-3H2,1H3,(H,14,16)(H,15,18). The van der Waals surface area contributed by atoms with Crippen molar-refractivity contribution < 1.29 is 14.7 Å². The molecule has 0 aromatic heterocycles. The Bertz CT molecular complexity index is 478. The van der Waals surface area contributed by atoms with Gasteiger partial charge in [-0.15, -0.1) is 0 Å². The van der Waals surface area contributed by atoms with Gasteiger partial charge in [-0.25, -0.2) is 0 Å². The van der Waals surface area contributed by atoms with Crippen molar-refractivity contribution in [2.45, 2.75) is 6.92 Å². The summed E-state index contributed by atoms with van der Waals surface area (Å²) in [6, 6.07) is 3.40. The fraction of sp³-hybridized carbons (Fsp3) is 0.273. The summed E-state index contributed by atoms with van der Waals surface area (Å²) >= 11 is 4.05. The van der Waals surface area contributed by atoms with Gasteiger partial charge in [-0.1, -0.05) is 0 Å². The first-order chi connectivity index (χ1) is 8.41. The summed E-state index contributed by atoms with van der Waals surface area (Å²) in [5, 5.41) is 15.0. The van der Waals surface area contributed by atoms with Crippen LogP contribution in [0.1, 0.15) is 17.3 Å². The lowest BCUT2D eigenvalue weighted by Crippen LogP contribution is -2.33. The third kappa shape index (κ3) is 4.59. The Hall–Kier alpha value is -0.580. The van der Waals surface area contributed by atoms with Crippen molar-refractivity contribution in [2.24, 2.45) is 0 Å². The van der Waals surface area contributed by atoms with Gasteiger partial charge in [0.1, 0.15) is 5.75 Å². The predicted octanol–water partition coefficient (Wildman–Crippen LogP) is 1.47. The van der Waals surface area contributed by atoms with Crippen LogP contribution >= 0.6 is 45.2 Å². The first kappa shape index (κ1) is 15.5. The van der Waals surface area contributed by atoms with Crippen LogP contribution in [0.15, 0.2) is 12.1 Å². The maximum Gasteiger partial charge on any atom is 0.255 e. The first-order valence-electron chi connectivity index (χ1n) is 5.12. The van der Waals surface area contributed by atoms with Gasteiger partial charge in [0.2, 0.25) is 5.91 Å². The van der Waals surface area contributed by atoms with Crippen molar-refractivity contribution in [3.8, 4) is 5.75 Å². The Morgan fingerprint density at radius 2 is 1.83 bits per heavy atom. The van der Waals surface area contributed by atoms with E-state index in [2.05, 4.69) is 33.2 Å². The molecular weight excluding hydrogens is 462 g/mol. The highest BCUT2D eigenvalue weighted by Gasteiger charge is 2.14. The maximum atomic E-state index is 11.8. The minimum atomic E-state index is -0.353. The number of amides is 2. The molecule has 18 heavy (non-hydrogen) atoms. The smallest absolute Gasteiger partial charge is 0.255 e. The number of aromatic hydroxyl groups is 1. The highest BCUT2D eigenvalue weighted by molar-refractivity contribution is 14.1. The highest BCUT2D eigenvalue weighted by atomic mass is 127. The van der Waals surface area contributed by atoms with Gasteiger partial charge in [-0.3, -0.25) is 9.59 Å². The molecule has 0 saturated carbocycles. The molecule has 0 heterocycles. The van der Waals surface area contributed by atoms with Crippen molar-refractivity contribution in [3.05, 3.63) is 24.8 Å². The minimum Gasteiger partial charge on any atom is -0.506 e. The molecule has 0 spiro atoms. The van der Waals surface area contributed by atoms with E-state index in [1.807, 2.05) is 22.6 Å². The van der Waals surface area contributed by atoms with Gasteiger partial charge in [0, 0.05) is 23.6 Å². The number of nitrogens with one attached hydrogen (secondary N) is 2. The van der Waals surface area contributed by atoms with E-state index in [4.69, 9.17) is 0 Å². The normalized spacial score (nSPS) is 9.94. The number of phenolic OH excluding ortho intramolecular Hbond substituents is 1. The average Bonchev–Trinajstić information content (AvgIpc) is 2.28. The Morgan fingerprint density at radius 1 is 1.22 bits per heavy atom. The van der Waals surface area contributed by atoms with E-state index in [9.17, 15) is 14.7 Å². The van der Waals surface area contributed by atoms with E-state index in [-0.39, 0.29) is 23.1 Å². The molecule has 1 rings (SSSR count). The quantitative estimate of drug-likeness (QED) is 0.457. The molecule has 1 aromatic rings. The monoisotopic (exact) mass is 474 g/mol. The van der Waals surface area contributed by atoms with Crippen LogP contribution in [-0.4, -0.2) is 30.0 Å². The molecular formula is C11H12I2N2O3. The lowest BCUT2D eigenvalue weighted by molar-refractivity contribution is -0.118. The SMILES string of the molecule is CC(=O)NCCNC(=O)c1cc(I)cc(I)c1O. The zero-order chi connectivity index (χ0) is 13.7. The number of phenols is 1. The van der Waals surface area contributed by atoms with E-state index >= 15 is 0 Å². The number of carbonyl (C=O) groups excluding carboxylic acids is 2. The largest absolute Gasteiger partial charge is 0.506 e. The number of rotatable bonds is 4. The molecule has 0 saturated heterocycles. The molecule has 0 aliphatic rings. The number of benzene rings is 1. The fourth-order valence-corrected chi connectivity index (χ4v) is 3.09. The van der Waals surface area contributed by atoms with Crippen molar-refractivity contribution in [3.63, 3.8) is 0 Å². The van der Waals surface area contributed by atoms with Crippen molar-refractivity contribution in [1.29, 1.82) is 0 Å². The zero-order valence-electron chi connectivity index (χ0n) is 9.59. The minimum absolute atomic E-state index is 0.0203. The molecule has 0 radical (unpaired) electrons. The van der Waals surface area contributed by atoms with Crippen molar-refractivity contribution in [1.82, 2.24) is 10.6 Å². The maximum absolute atomic E-state index is 11.8. The number of carbonyl (C=O) groups is 2. The fourth-order valence-electron chi connectivity index (χ4n) is 1.25. The lowest BCUT2D eigenvalue weighted by Gasteiger charge is -2.09. The molecule has 0 aliphatic carbocycles. The molecule has 98 valence electrons. The van der Waals surface area contributed by atoms with Gasteiger partial charge in [0.15, 0.2) is 0 Å². The molecule has 0 aliphatic heterocycles. The van der Waals surface area contributed by atoms with E-state index in [1.165, 1.54) is 6.92 Å². The lowest BCUT2D eigenvalue weighted by atomic mass is 10.2. The van der Waals surface area contributed by atoms with Crippen LogP contribution in [0, 0.1) is 7.14 Å². The molecule has 0 atom stereocenters. The molecule has 7 heteroatoms. The Morgan fingerprint density at radius 3 is 2.44 bits per heavy atom. The predicted molar refractivity (Wildman–Crippen MR) is 84.6 cm³/mol. The van der Waals surface area contributed by atoms with Gasteiger partial charge >= 0.3 is 0 Å². The summed E-state index contributed by atoms with van der Waals surface area (Å²) < 4.78 is 1.51. The summed E-state index contributed by atoms with van der Waals surface area (Å²) in [4.78, 5) is 22.5. The molecule has 1 aromatic carbocycles. The molecule has 0 bridgehead atoms. The van der Waals surface area contributed by atoms with E-state index < -0.39 is 0 Å². The van der Waals surface area contributed by atoms with Crippen LogP contribution in [-0.2, 0) is 4.79 Å². The highest BCUT2D eigenvalue weighted by Crippen LogP contribution is 2.26. The summed E-state index contributed by atoms with van der Waals surface area (Å²) in [5.74, 6) is -0.516. The molecule has 0 fully saturated rings. The van der Waals surface area contributed by atoms with Gasteiger partial charge < -0.3 is 15.7 Å². The van der Waals surface area contributed by atoms with E-state index in [0.717, 1.165) is 3.57 Å². The van der Waals surface area contributed by atoms with Gasteiger partial charge in [-0.05, 0) is 57.3 Å². The van der Waals surface area contributed by atoms with Gasteiger partial charge in [-0.2, -0.15) is 0 Å². The summed E-state index contributed by atoms with van der Waals surface area (Å²) in [7, 11) is 0. The van der Waals surface area contributed by atoms with Crippen LogP contribution in [0.2, 0.25) is 0 Å². The van der Waals surface area contributed by atoms with E-state index in [1.54, 1.807) is 12.1 Å². The molecule has 3 N–H and O–H groups in total. The Kier molecular flexibility index (Phi) is 6.12. The number of hydrogen-bond donors (Lipinski definition) is 3. The van der Waals surface area contributed by atoms with Crippen LogP contribution in [0.3, 0.4) is 0 Å². The third-order valence-electron chi connectivity index (χ3n) is 2.06. The molecule has 2 amide bonds. The second-order valence-electron chi connectivity index (χ2n) is 3.52. The topological polar surface area (TPSA) is 78.4 Å². The Labute approximate surface area is 132 Å². The van der Waals surface area contributed by atoms with Crippen LogP contribution in [0.5, 0.6) is 5.75 Å². The number of halogens is 2. The van der Waals surface area contributed by atoms with Crippen molar-refractivity contribution in [2.75, 3.05) is 13.1 Å². The molecule has 5 nitrogen and oxygen atoms in total. The second-order valence-corrected chi connectivity index (χ2v) is 5.93. The zero-order valence-corrected chi connectivity index (χ0v) is 13.9. The van der Waals surface area contributed by atoms with Gasteiger partial charge in [0.05, 0.1) is 9.13 Å². The molecule has 0 unspecified atom stereocenters. The first-order valence-corrected chi connectivity index (χ1v) is 7.28. The third-order valence-corrected chi connectivity index (χ3v) is 3.50. The van der Waals surface area contributed by atoms with Crippen LogP contribution in [0.4, 0.5) is 0 Å². The van der Waals surface area contributed by atoms with Crippen molar-refractivity contribution >= 4 is 57.0 Å². The summed E-state index contributed by atoms with van der Waals surface area (Å²) in [6.45, 7) is 2.10. The van der Waals surface area contributed by atoms with Crippen LogP contribution in [0.25, 0.3) is 0 Å². The van der Waals surface area contributed by atoms with Gasteiger partial charge in [0.25, 0.3) is 5.91 Å². The Balaban J connectivity index is 2.64. The number of hydrogen-bond acceptors (Lipinski definition) is 3. The van der Waals surface area contributed by atoms with E-state index in [0.29, 0.717) is 16.7 Å². The average molecular weight is 474 g/mol. The second kappa shape index (κ2) is 7.12.